The maximum absolute atomic E-state index is 13.6. The largest absolute Gasteiger partial charge is 0.507 e. The average molecular weight is 490 g/mol. The minimum Gasteiger partial charge on any atom is -0.507 e. The smallest absolute Gasteiger partial charge is 0.342 e. The zero-order valence-electron chi connectivity index (χ0n) is 18.5. The van der Waals surface area contributed by atoms with Crippen LogP contribution in [0.1, 0.15) is 23.7 Å². The van der Waals surface area contributed by atoms with Crippen molar-refractivity contribution in [1.82, 2.24) is 0 Å². The highest BCUT2D eigenvalue weighted by molar-refractivity contribution is 7.92. The monoisotopic (exact) mass is 489 g/mol. The van der Waals surface area contributed by atoms with Gasteiger partial charge in [-0.25, -0.2) is 17.6 Å². The van der Waals surface area contributed by atoms with Gasteiger partial charge in [0.05, 0.1) is 17.2 Å². The Balaban J connectivity index is 1.82. The quantitative estimate of drug-likeness (QED) is 0.383. The molecule has 34 heavy (non-hydrogen) atoms. The van der Waals surface area contributed by atoms with E-state index in [1.165, 1.54) is 49.6 Å². The first-order valence-electron chi connectivity index (χ1n) is 10.3. The molecule has 3 aromatic rings. The van der Waals surface area contributed by atoms with Gasteiger partial charge < -0.3 is 19.7 Å². The second-order valence-corrected chi connectivity index (χ2v) is 9.10. The van der Waals surface area contributed by atoms with Gasteiger partial charge in [0.15, 0.2) is 0 Å². The lowest BCUT2D eigenvalue weighted by Gasteiger charge is -2.16. The number of aromatic hydroxyl groups is 2. The molecule has 3 aromatic carbocycles. The van der Waals surface area contributed by atoms with E-state index in [9.17, 15) is 27.8 Å². The highest BCUT2D eigenvalue weighted by atomic mass is 32.2. The summed E-state index contributed by atoms with van der Waals surface area (Å²) in [6.45, 7) is 2.02. The number of carbonyl (C=O) groups is 1. The van der Waals surface area contributed by atoms with Crippen LogP contribution < -0.4 is 4.72 Å². The molecule has 0 radical (unpaired) electrons. The van der Waals surface area contributed by atoms with Crippen LogP contribution >= 0.6 is 0 Å². The van der Waals surface area contributed by atoms with E-state index in [0.29, 0.717) is 12.0 Å². The van der Waals surface area contributed by atoms with Crippen molar-refractivity contribution >= 4 is 21.7 Å². The summed E-state index contributed by atoms with van der Waals surface area (Å²) in [7, 11) is -2.64. The van der Waals surface area contributed by atoms with E-state index in [4.69, 9.17) is 9.47 Å². The number of esters is 1. The van der Waals surface area contributed by atoms with Crippen LogP contribution in [0.15, 0.2) is 65.6 Å². The normalized spacial score (nSPS) is 12.2. The molecule has 0 amide bonds. The third kappa shape index (κ3) is 5.83. The number of hydrogen-bond donors (Lipinski definition) is 3. The standard InChI is InChI=1S/C24H24FNO7S/c1-3-18(14-32-2)33-24(29)20-9-8-17(13-23(20)28)26-34(30,31)19-6-4-5-15(11-19)21-12-16(25)7-10-22(21)27/h4-13,18,26-28H,3,14H2,1-2H3. The van der Waals surface area contributed by atoms with E-state index in [-0.39, 0.29) is 34.1 Å². The van der Waals surface area contributed by atoms with Gasteiger partial charge in [0.2, 0.25) is 0 Å². The number of ether oxygens (including phenoxy) is 2. The maximum Gasteiger partial charge on any atom is 0.342 e. The van der Waals surface area contributed by atoms with E-state index in [2.05, 4.69) is 4.72 Å². The molecule has 0 aliphatic heterocycles. The second kappa shape index (κ2) is 10.5. The fourth-order valence-corrected chi connectivity index (χ4v) is 4.28. The molecule has 180 valence electrons. The van der Waals surface area contributed by atoms with E-state index < -0.39 is 33.7 Å². The zero-order valence-corrected chi connectivity index (χ0v) is 19.3. The Bertz CT molecular complexity index is 1290. The number of methoxy groups -OCH3 is 1. The average Bonchev–Trinajstić information content (AvgIpc) is 2.80. The molecule has 0 fully saturated rings. The Morgan fingerprint density at radius 3 is 2.50 bits per heavy atom. The Hall–Kier alpha value is -3.63. The van der Waals surface area contributed by atoms with Crippen LogP contribution in [0.25, 0.3) is 11.1 Å². The zero-order chi connectivity index (χ0) is 24.9. The Kier molecular flexibility index (Phi) is 7.75. The van der Waals surface area contributed by atoms with E-state index in [1.807, 2.05) is 6.92 Å². The van der Waals surface area contributed by atoms with Crippen molar-refractivity contribution in [2.45, 2.75) is 24.3 Å². The number of sulfonamides is 1. The first-order chi connectivity index (χ1) is 16.1. The Morgan fingerprint density at radius 2 is 1.82 bits per heavy atom. The lowest BCUT2D eigenvalue weighted by molar-refractivity contribution is 0.00451. The first-order valence-corrected chi connectivity index (χ1v) is 11.8. The lowest BCUT2D eigenvalue weighted by atomic mass is 10.0. The van der Waals surface area contributed by atoms with Gasteiger partial charge in [0.25, 0.3) is 10.0 Å². The van der Waals surface area contributed by atoms with Gasteiger partial charge in [-0.3, -0.25) is 4.72 Å². The molecule has 1 unspecified atom stereocenters. The number of benzene rings is 3. The van der Waals surface area contributed by atoms with Gasteiger partial charge in [-0.2, -0.15) is 0 Å². The number of halogens is 1. The molecule has 0 bridgehead atoms. The SMILES string of the molecule is CCC(COC)OC(=O)c1ccc(NS(=O)(=O)c2cccc(-c3cc(F)ccc3O)c2)cc1O. The molecule has 0 saturated carbocycles. The molecule has 0 aromatic heterocycles. The van der Waals surface area contributed by atoms with Gasteiger partial charge in [-0.15, -0.1) is 0 Å². The Morgan fingerprint density at radius 1 is 1.06 bits per heavy atom. The number of nitrogens with one attached hydrogen (secondary N) is 1. The van der Waals surface area contributed by atoms with Crippen LogP contribution in [-0.4, -0.2) is 44.4 Å². The molecular formula is C24H24FNO7S. The van der Waals surface area contributed by atoms with Crippen LogP contribution in [0.4, 0.5) is 10.1 Å². The topological polar surface area (TPSA) is 122 Å². The summed E-state index contributed by atoms with van der Waals surface area (Å²) in [5.74, 6) is -2.01. The van der Waals surface area contributed by atoms with Gasteiger partial charge in [0, 0.05) is 18.7 Å². The fraction of sp³-hybridized carbons (Fsp3) is 0.208. The van der Waals surface area contributed by atoms with Crippen LogP contribution in [0.3, 0.4) is 0 Å². The summed E-state index contributed by atoms with van der Waals surface area (Å²) in [6, 6.07) is 12.6. The van der Waals surface area contributed by atoms with Crippen LogP contribution in [0.2, 0.25) is 0 Å². The van der Waals surface area contributed by atoms with Crippen molar-refractivity contribution in [2.75, 3.05) is 18.4 Å². The predicted molar refractivity (Wildman–Crippen MR) is 124 cm³/mol. The number of phenolic OH excluding ortho intramolecular Hbond substituents is 2. The summed E-state index contributed by atoms with van der Waals surface area (Å²) in [5, 5.41) is 20.3. The number of anilines is 1. The number of rotatable bonds is 9. The molecule has 1 atom stereocenters. The summed E-state index contributed by atoms with van der Waals surface area (Å²) >= 11 is 0. The van der Waals surface area contributed by atoms with Gasteiger partial charge in [0.1, 0.15) is 29.0 Å². The predicted octanol–water partition coefficient (Wildman–Crippen LogP) is 4.29. The fourth-order valence-electron chi connectivity index (χ4n) is 3.19. The molecule has 0 aliphatic rings. The highest BCUT2D eigenvalue weighted by Gasteiger charge is 2.20. The van der Waals surface area contributed by atoms with Crippen LogP contribution in [-0.2, 0) is 19.5 Å². The highest BCUT2D eigenvalue weighted by Crippen LogP contribution is 2.32. The van der Waals surface area contributed by atoms with Crippen molar-refractivity contribution < 1.29 is 37.3 Å². The molecule has 3 N–H and O–H groups in total. The summed E-state index contributed by atoms with van der Waals surface area (Å²) in [5.41, 5.74) is 0.317. The third-order valence-corrected chi connectivity index (χ3v) is 6.34. The van der Waals surface area contributed by atoms with Gasteiger partial charge >= 0.3 is 5.97 Å². The first kappa shape index (κ1) is 25.0. The van der Waals surface area contributed by atoms with Gasteiger partial charge in [-0.1, -0.05) is 19.1 Å². The maximum atomic E-state index is 13.6. The van der Waals surface area contributed by atoms with E-state index >= 15 is 0 Å². The lowest BCUT2D eigenvalue weighted by Crippen LogP contribution is -2.22. The molecule has 0 aliphatic carbocycles. The molecule has 0 saturated heterocycles. The van der Waals surface area contributed by atoms with Crippen molar-refractivity contribution in [1.29, 1.82) is 0 Å². The Labute approximate surface area is 196 Å². The van der Waals surface area contributed by atoms with Crippen molar-refractivity contribution in [3.05, 3.63) is 72.0 Å². The van der Waals surface area contributed by atoms with Crippen molar-refractivity contribution in [2.24, 2.45) is 0 Å². The minimum absolute atomic E-state index is 0.0111. The van der Waals surface area contributed by atoms with E-state index in [0.717, 1.165) is 18.2 Å². The molecule has 10 heteroatoms. The van der Waals surface area contributed by atoms with Gasteiger partial charge in [-0.05, 0) is 54.4 Å². The molecule has 3 rings (SSSR count). The minimum atomic E-state index is -4.12. The molecular weight excluding hydrogens is 465 g/mol. The summed E-state index contributed by atoms with van der Waals surface area (Å²) in [4.78, 5) is 12.2. The number of hydrogen-bond acceptors (Lipinski definition) is 7. The third-order valence-electron chi connectivity index (χ3n) is 4.97. The summed E-state index contributed by atoms with van der Waals surface area (Å²) < 4.78 is 52.0. The number of phenols is 2. The van der Waals surface area contributed by atoms with Crippen molar-refractivity contribution in [3.63, 3.8) is 0 Å². The molecule has 8 nitrogen and oxygen atoms in total. The second-order valence-electron chi connectivity index (χ2n) is 7.42. The van der Waals surface area contributed by atoms with Crippen LogP contribution in [0.5, 0.6) is 11.5 Å². The molecule has 0 heterocycles. The van der Waals surface area contributed by atoms with E-state index in [1.54, 1.807) is 0 Å². The molecule has 0 spiro atoms. The van der Waals surface area contributed by atoms with Crippen molar-refractivity contribution in [3.8, 4) is 22.6 Å². The van der Waals surface area contributed by atoms with Crippen LogP contribution in [0, 0.1) is 5.82 Å². The summed E-state index contributed by atoms with van der Waals surface area (Å²) in [6.07, 6.45) is 0.0323. The number of carbonyl (C=O) groups excluding carboxylic acids is 1.